The van der Waals surface area contributed by atoms with Gasteiger partial charge in [-0.15, -0.1) is 0 Å². The lowest BCUT2D eigenvalue weighted by molar-refractivity contribution is 0.255. The van der Waals surface area contributed by atoms with Crippen molar-refractivity contribution in [1.29, 1.82) is 0 Å². The fraction of sp³-hybridized carbons (Fsp3) is 0.500. The summed E-state index contributed by atoms with van der Waals surface area (Å²) in [4.78, 5) is 7.03. The zero-order valence-corrected chi connectivity index (χ0v) is 13.0. The van der Waals surface area contributed by atoms with E-state index in [-0.39, 0.29) is 0 Å². The highest BCUT2D eigenvalue weighted by molar-refractivity contribution is 5.80. The van der Waals surface area contributed by atoms with Gasteiger partial charge in [0.15, 0.2) is 0 Å². The van der Waals surface area contributed by atoms with E-state index in [2.05, 4.69) is 54.6 Å². The van der Waals surface area contributed by atoms with E-state index >= 15 is 0 Å². The van der Waals surface area contributed by atoms with Gasteiger partial charge >= 0.3 is 0 Å². The van der Waals surface area contributed by atoms with Crippen molar-refractivity contribution >= 4 is 16.7 Å². The molecule has 0 atom stereocenters. The Morgan fingerprint density at radius 1 is 1.05 bits per heavy atom. The average Bonchev–Trinajstić information content (AvgIpc) is 2.49. The fourth-order valence-corrected chi connectivity index (χ4v) is 3.36. The number of pyridine rings is 1. The maximum atomic E-state index is 4.72. The van der Waals surface area contributed by atoms with Gasteiger partial charge < -0.3 is 10.2 Å². The van der Waals surface area contributed by atoms with Crippen LogP contribution in [-0.2, 0) is 0 Å². The Hall–Kier alpha value is -1.61. The molecule has 3 nitrogen and oxygen atoms in total. The Balaban J connectivity index is 1.59. The van der Waals surface area contributed by atoms with Crippen molar-refractivity contribution < 1.29 is 0 Å². The molecule has 0 radical (unpaired) electrons. The lowest BCUT2D eigenvalue weighted by Gasteiger charge is -2.31. The normalized spacial score (nSPS) is 22.6. The third kappa shape index (κ3) is 3.73. The maximum Gasteiger partial charge on any atom is 0.126 e. The molecule has 0 amide bonds. The van der Waals surface area contributed by atoms with Gasteiger partial charge in [-0.05, 0) is 63.9 Å². The Morgan fingerprint density at radius 3 is 2.57 bits per heavy atom. The summed E-state index contributed by atoms with van der Waals surface area (Å²) in [5, 5.41) is 4.83. The summed E-state index contributed by atoms with van der Waals surface area (Å²) in [7, 11) is 4.34. The number of aromatic nitrogens is 1. The molecule has 2 aromatic rings. The van der Waals surface area contributed by atoms with Crippen LogP contribution in [0.15, 0.2) is 36.4 Å². The first kappa shape index (κ1) is 14.3. The first-order chi connectivity index (χ1) is 10.2. The van der Waals surface area contributed by atoms with Gasteiger partial charge in [0.25, 0.3) is 0 Å². The molecule has 0 bridgehead atoms. The molecule has 1 aliphatic carbocycles. The van der Waals surface area contributed by atoms with Crippen LogP contribution in [-0.4, -0.2) is 36.6 Å². The predicted molar refractivity (Wildman–Crippen MR) is 89.7 cm³/mol. The lowest BCUT2D eigenvalue weighted by atomic mass is 9.86. The molecular weight excluding hydrogens is 258 g/mol. The number of benzene rings is 1. The van der Waals surface area contributed by atoms with Gasteiger partial charge in [0.05, 0.1) is 5.52 Å². The number of hydrogen-bond acceptors (Lipinski definition) is 3. The summed E-state index contributed by atoms with van der Waals surface area (Å²) in [5.41, 5.74) is 1.07. The van der Waals surface area contributed by atoms with Crippen LogP contribution in [0.25, 0.3) is 10.9 Å². The highest BCUT2D eigenvalue weighted by Crippen LogP contribution is 2.27. The van der Waals surface area contributed by atoms with Gasteiger partial charge in [-0.1, -0.05) is 18.2 Å². The zero-order chi connectivity index (χ0) is 14.7. The van der Waals surface area contributed by atoms with Crippen LogP contribution in [0.1, 0.15) is 25.7 Å². The summed E-state index contributed by atoms with van der Waals surface area (Å²) < 4.78 is 0. The van der Waals surface area contributed by atoms with E-state index in [1.54, 1.807) is 0 Å². The van der Waals surface area contributed by atoms with Gasteiger partial charge in [0.2, 0.25) is 0 Å². The number of para-hydroxylation sites is 1. The zero-order valence-electron chi connectivity index (χ0n) is 13.0. The molecule has 0 saturated heterocycles. The number of nitrogens with one attached hydrogen (secondary N) is 1. The quantitative estimate of drug-likeness (QED) is 0.926. The van der Waals surface area contributed by atoms with Crippen LogP contribution >= 0.6 is 0 Å². The van der Waals surface area contributed by atoms with E-state index < -0.39 is 0 Å². The standard InChI is InChI=1S/C18H25N3/c1-21(2)13-14-7-10-16(11-8-14)19-18-12-9-15-5-3-4-6-17(15)20-18/h3-6,9,12,14,16H,7-8,10-11,13H2,1-2H3,(H,19,20). The molecular formula is C18H25N3. The Bertz CT molecular complexity index is 586. The minimum atomic E-state index is 0.581. The second-order valence-corrected chi connectivity index (χ2v) is 6.51. The van der Waals surface area contributed by atoms with Crippen molar-refractivity contribution in [2.75, 3.05) is 26.0 Å². The summed E-state index contributed by atoms with van der Waals surface area (Å²) in [6.07, 6.45) is 5.16. The molecule has 1 fully saturated rings. The molecule has 1 heterocycles. The molecule has 112 valence electrons. The van der Waals surface area contributed by atoms with Gasteiger partial charge in [-0.25, -0.2) is 4.98 Å². The molecule has 1 saturated carbocycles. The van der Waals surface area contributed by atoms with Crippen LogP contribution in [0.5, 0.6) is 0 Å². The topological polar surface area (TPSA) is 28.2 Å². The maximum absolute atomic E-state index is 4.72. The summed E-state index contributed by atoms with van der Waals surface area (Å²) in [6.45, 7) is 1.22. The largest absolute Gasteiger partial charge is 0.367 e. The summed E-state index contributed by atoms with van der Waals surface area (Å²) in [6, 6.07) is 13.1. The van der Waals surface area contributed by atoms with Crippen molar-refractivity contribution in [2.24, 2.45) is 5.92 Å². The molecule has 21 heavy (non-hydrogen) atoms. The SMILES string of the molecule is CN(C)CC1CCC(Nc2ccc3ccccc3n2)CC1. The Morgan fingerprint density at radius 2 is 1.81 bits per heavy atom. The highest BCUT2D eigenvalue weighted by atomic mass is 15.1. The third-order valence-electron chi connectivity index (χ3n) is 4.42. The van der Waals surface area contributed by atoms with Crippen molar-refractivity contribution in [1.82, 2.24) is 9.88 Å². The minimum absolute atomic E-state index is 0.581. The lowest BCUT2D eigenvalue weighted by Crippen LogP contribution is -2.31. The highest BCUT2D eigenvalue weighted by Gasteiger charge is 2.21. The van der Waals surface area contributed by atoms with Crippen molar-refractivity contribution in [3.8, 4) is 0 Å². The molecule has 1 N–H and O–H groups in total. The second-order valence-electron chi connectivity index (χ2n) is 6.51. The van der Waals surface area contributed by atoms with Gasteiger partial charge in [0, 0.05) is 18.0 Å². The van der Waals surface area contributed by atoms with E-state index in [0.29, 0.717) is 6.04 Å². The number of anilines is 1. The second kappa shape index (κ2) is 6.44. The van der Waals surface area contributed by atoms with E-state index in [0.717, 1.165) is 17.3 Å². The van der Waals surface area contributed by atoms with Crippen LogP contribution in [0.3, 0.4) is 0 Å². The number of fused-ring (bicyclic) bond motifs is 1. The molecule has 3 rings (SSSR count). The molecule has 0 spiro atoms. The monoisotopic (exact) mass is 283 g/mol. The fourth-order valence-electron chi connectivity index (χ4n) is 3.36. The van der Waals surface area contributed by atoms with Crippen LogP contribution in [0, 0.1) is 5.92 Å². The van der Waals surface area contributed by atoms with Gasteiger partial charge in [-0.2, -0.15) is 0 Å². The Labute approximate surface area is 127 Å². The van der Waals surface area contributed by atoms with Crippen molar-refractivity contribution in [2.45, 2.75) is 31.7 Å². The molecule has 1 aromatic heterocycles. The van der Waals surface area contributed by atoms with E-state index in [1.165, 1.54) is 37.6 Å². The molecule has 3 heteroatoms. The predicted octanol–water partition coefficient (Wildman–Crippen LogP) is 3.77. The minimum Gasteiger partial charge on any atom is -0.367 e. The first-order valence-corrected chi connectivity index (χ1v) is 7.98. The summed E-state index contributed by atoms with van der Waals surface area (Å²) in [5.74, 6) is 1.88. The Kier molecular flexibility index (Phi) is 4.39. The first-order valence-electron chi connectivity index (χ1n) is 7.98. The van der Waals surface area contributed by atoms with Crippen LogP contribution < -0.4 is 5.32 Å². The van der Waals surface area contributed by atoms with Gasteiger partial charge in [0.1, 0.15) is 5.82 Å². The molecule has 1 aromatic carbocycles. The average molecular weight is 283 g/mol. The van der Waals surface area contributed by atoms with Crippen LogP contribution in [0.2, 0.25) is 0 Å². The van der Waals surface area contributed by atoms with Gasteiger partial charge in [-0.3, -0.25) is 0 Å². The summed E-state index contributed by atoms with van der Waals surface area (Å²) >= 11 is 0. The van der Waals surface area contributed by atoms with Crippen molar-refractivity contribution in [3.05, 3.63) is 36.4 Å². The third-order valence-corrected chi connectivity index (χ3v) is 4.42. The van der Waals surface area contributed by atoms with E-state index in [1.807, 2.05) is 6.07 Å². The number of nitrogens with zero attached hydrogens (tertiary/aromatic N) is 2. The molecule has 1 aliphatic rings. The van der Waals surface area contributed by atoms with E-state index in [9.17, 15) is 0 Å². The number of hydrogen-bond donors (Lipinski definition) is 1. The van der Waals surface area contributed by atoms with Crippen molar-refractivity contribution in [3.63, 3.8) is 0 Å². The van der Waals surface area contributed by atoms with E-state index in [4.69, 9.17) is 4.98 Å². The van der Waals surface area contributed by atoms with Crippen LogP contribution in [0.4, 0.5) is 5.82 Å². The number of rotatable bonds is 4. The molecule has 0 aliphatic heterocycles. The smallest absolute Gasteiger partial charge is 0.126 e. The molecule has 0 unspecified atom stereocenters.